The lowest BCUT2D eigenvalue weighted by Gasteiger charge is -2.35. The summed E-state index contributed by atoms with van der Waals surface area (Å²) in [5, 5.41) is 1.02. The molecule has 3 heterocycles. The number of hydrogen-bond acceptors (Lipinski definition) is 5. The van der Waals surface area contributed by atoms with Crippen molar-refractivity contribution in [2.45, 2.75) is 31.8 Å². The van der Waals surface area contributed by atoms with Gasteiger partial charge in [-0.25, -0.2) is 4.98 Å². The van der Waals surface area contributed by atoms with Crippen molar-refractivity contribution in [3.63, 3.8) is 0 Å². The molecule has 1 amide bonds. The Morgan fingerprint density at radius 3 is 2.84 bits per heavy atom. The van der Waals surface area contributed by atoms with E-state index < -0.39 is 0 Å². The Bertz CT molecular complexity index is 1240. The van der Waals surface area contributed by atoms with E-state index in [1.165, 1.54) is 5.56 Å². The van der Waals surface area contributed by atoms with Crippen LogP contribution in [-0.4, -0.2) is 25.8 Å². The van der Waals surface area contributed by atoms with Crippen molar-refractivity contribution in [3.05, 3.63) is 95.6 Å². The normalized spacial score (nSPS) is 15.4. The van der Waals surface area contributed by atoms with Crippen molar-refractivity contribution in [2.75, 3.05) is 5.73 Å². The second-order valence-electron chi connectivity index (χ2n) is 7.89. The van der Waals surface area contributed by atoms with Gasteiger partial charge in [-0.1, -0.05) is 18.2 Å². The molecule has 5 rings (SSSR count). The largest absolute Gasteiger partial charge is 0.384 e. The first-order valence-electron chi connectivity index (χ1n) is 10.5. The van der Waals surface area contributed by atoms with Gasteiger partial charge >= 0.3 is 0 Å². The van der Waals surface area contributed by atoms with Gasteiger partial charge in [-0.15, -0.1) is 0 Å². The van der Waals surface area contributed by atoms with Gasteiger partial charge in [0.2, 0.25) is 0 Å². The number of nitrogen functional groups attached to an aromatic ring is 1. The van der Waals surface area contributed by atoms with E-state index in [2.05, 4.69) is 21.0 Å². The molecule has 154 valence electrons. The van der Waals surface area contributed by atoms with Crippen molar-refractivity contribution in [3.8, 4) is 0 Å². The molecule has 1 aromatic carbocycles. The molecule has 0 saturated carbocycles. The zero-order chi connectivity index (χ0) is 21.2. The van der Waals surface area contributed by atoms with Gasteiger partial charge in [-0.05, 0) is 66.8 Å². The number of nitrogens with two attached hydrogens (primary N) is 1. The van der Waals surface area contributed by atoms with E-state index in [-0.39, 0.29) is 11.9 Å². The molecule has 1 unspecified atom stereocenters. The zero-order valence-corrected chi connectivity index (χ0v) is 17.1. The van der Waals surface area contributed by atoms with Crippen molar-refractivity contribution >= 4 is 22.6 Å². The molecule has 1 aliphatic carbocycles. The number of hydrogen-bond donors (Lipinski definition) is 1. The fraction of sp³-hybridized carbons (Fsp3) is 0.200. The molecule has 0 spiro atoms. The Morgan fingerprint density at radius 1 is 1.10 bits per heavy atom. The number of aryl methyl sites for hydroxylation is 1. The lowest BCUT2D eigenvalue weighted by Crippen LogP contribution is -2.36. The van der Waals surface area contributed by atoms with Crippen LogP contribution in [0.1, 0.15) is 46.1 Å². The summed E-state index contributed by atoms with van der Waals surface area (Å²) < 4.78 is 0. The zero-order valence-electron chi connectivity index (χ0n) is 17.1. The van der Waals surface area contributed by atoms with Crippen LogP contribution in [0, 0.1) is 0 Å². The molecule has 3 aromatic heterocycles. The molecule has 1 atom stereocenters. The lowest BCUT2D eigenvalue weighted by atomic mass is 9.90. The van der Waals surface area contributed by atoms with Crippen LogP contribution in [0.15, 0.2) is 73.2 Å². The summed E-state index contributed by atoms with van der Waals surface area (Å²) in [6, 6.07) is 17.4. The van der Waals surface area contributed by atoms with Crippen LogP contribution in [0.2, 0.25) is 0 Å². The van der Waals surface area contributed by atoms with Crippen molar-refractivity contribution < 1.29 is 4.79 Å². The summed E-state index contributed by atoms with van der Waals surface area (Å²) in [7, 11) is 0. The average molecular weight is 409 g/mol. The van der Waals surface area contributed by atoms with E-state index in [1.54, 1.807) is 24.5 Å². The first-order chi connectivity index (χ1) is 15.2. The third-order valence-electron chi connectivity index (χ3n) is 5.84. The maximum Gasteiger partial charge on any atom is 0.256 e. The summed E-state index contributed by atoms with van der Waals surface area (Å²) in [6.45, 7) is 0.459. The second-order valence-corrected chi connectivity index (χ2v) is 7.89. The van der Waals surface area contributed by atoms with Gasteiger partial charge in [0.15, 0.2) is 0 Å². The maximum absolute atomic E-state index is 13.6. The molecular weight excluding hydrogens is 386 g/mol. The number of carbonyl (C=O) groups excluding carboxylic acids is 1. The van der Waals surface area contributed by atoms with Crippen molar-refractivity contribution in [1.82, 2.24) is 19.9 Å². The minimum absolute atomic E-state index is 0.0442. The van der Waals surface area contributed by atoms with Crippen molar-refractivity contribution in [2.24, 2.45) is 0 Å². The van der Waals surface area contributed by atoms with Gasteiger partial charge in [0.25, 0.3) is 5.91 Å². The van der Waals surface area contributed by atoms with Gasteiger partial charge in [0, 0.05) is 30.5 Å². The lowest BCUT2D eigenvalue weighted by molar-refractivity contribution is 0.0632. The number of carbonyl (C=O) groups is 1. The van der Waals surface area contributed by atoms with E-state index in [4.69, 9.17) is 5.73 Å². The number of aromatic nitrogens is 3. The fourth-order valence-electron chi connectivity index (χ4n) is 4.34. The smallest absolute Gasteiger partial charge is 0.256 e. The molecule has 2 N–H and O–H groups in total. The fourth-order valence-corrected chi connectivity index (χ4v) is 4.34. The predicted octanol–water partition coefficient (Wildman–Crippen LogP) is 4.33. The van der Waals surface area contributed by atoms with E-state index in [0.29, 0.717) is 17.9 Å². The van der Waals surface area contributed by atoms with Crippen LogP contribution in [0.4, 0.5) is 5.82 Å². The molecule has 6 nitrogen and oxygen atoms in total. The van der Waals surface area contributed by atoms with Gasteiger partial charge < -0.3 is 10.6 Å². The summed E-state index contributed by atoms with van der Waals surface area (Å²) in [5.41, 5.74) is 10.5. The predicted molar refractivity (Wildman–Crippen MR) is 120 cm³/mol. The first-order valence-corrected chi connectivity index (χ1v) is 10.5. The summed E-state index contributed by atoms with van der Waals surface area (Å²) in [5.74, 6) is 0.440. The highest BCUT2D eigenvalue weighted by Gasteiger charge is 2.31. The van der Waals surface area contributed by atoms with E-state index in [1.807, 2.05) is 47.5 Å². The highest BCUT2D eigenvalue weighted by Crippen LogP contribution is 2.35. The Hall–Kier alpha value is -3.80. The molecule has 4 aromatic rings. The molecule has 0 aliphatic heterocycles. The molecule has 0 saturated heterocycles. The number of anilines is 1. The number of amides is 1. The van der Waals surface area contributed by atoms with Gasteiger partial charge in [-0.3, -0.25) is 14.8 Å². The Kier molecular flexibility index (Phi) is 5.04. The molecule has 0 bridgehead atoms. The van der Waals surface area contributed by atoms with Gasteiger partial charge in [0.05, 0.1) is 22.8 Å². The molecule has 0 radical (unpaired) electrons. The van der Waals surface area contributed by atoms with Crippen LogP contribution >= 0.6 is 0 Å². The SMILES string of the molecule is Nc1ccc2ccc(CN(C(=O)c3cccnc3)C3CCCc4cccnc43)cc2n1. The van der Waals surface area contributed by atoms with Crippen LogP contribution < -0.4 is 5.73 Å². The quantitative estimate of drug-likeness (QED) is 0.542. The third kappa shape index (κ3) is 3.84. The molecule has 1 aliphatic rings. The Balaban J connectivity index is 1.55. The standard InChI is InChI=1S/C25H23N5O/c26-23-11-10-18-9-8-17(14-21(18)29-23)16-30(25(31)20-6-2-12-27-15-20)22-7-1-4-19-5-3-13-28-24(19)22/h2-3,5-6,8-15,22H,1,4,7,16H2,(H2,26,29). The highest BCUT2D eigenvalue weighted by atomic mass is 16.2. The van der Waals surface area contributed by atoms with Gasteiger partial charge in [-0.2, -0.15) is 0 Å². The summed E-state index contributed by atoms with van der Waals surface area (Å²) >= 11 is 0. The van der Waals surface area contributed by atoms with Crippen LogP contribution in [0.25, 0.3) is 10.9 Å². The number of nitrogens with zero attached hydrogens (tertiary/aromatic N) is 4. The average Bonchev–Trinajstić information content (AvgIpc) is 2.82. The number of pyridine rings is 3. The molecule has 6 heteroatoms. The van der Waals surface area contributed by atoms with Crippen LogP contribution in [-0.2, 0) is 13.0 Å². The minimum atomic E-state index is -0.0813. The van der Waals surface area contributed by atoms with Gasteiger partial charge in [0.1, 0.15) is 5.82 Å². The first kappa shape index (κ1) is 19.2. The third-order valence-corrected chi connectivity index (χ3v) is 5.84. The Morgan fingerprint density at radius 2 is 1.97 bits per heavy atom. The van der Waals surface area contributed by atoms with Crippen LogP contribution in [0.3, 0.4) is 0 Å². The highest BCUT2D eigenvalue weighted by molar-refractivity contribution is 5.94. The molecule has 0 fully saturated rings. The molecular formula is C25H23N5O. The molecule has 31 heavy (non-hydrogen) atoms. The number of benzene rings is 1. The topological polar surface area (TPSA) is 85.0 Å². The van der Waals surface area contributed by atoms with Crippen LogP contribution in [0.5, 0.6) is 0 Å². The maximum atomic E-state index is 13.6. The van der Waals surface area contributed by atoms with E-state index >= 15 is 0 Å². The monoisotopic (exact) mass is 409 g/mol. The number of rotatable bonds is 4. The van der Waals surface area contributed by atoms with E-state index in [9.17, 15) is 4.79 Å². The second kappa shape index (κ2) is 8.14. The number of fused-ring (bicyclic) bond motifs is 2. The Labute approximate surface area is 180 Å². The summed E-state index contributed by atoms with van der Waals surface area (Å²) in [4.78, 5) is 28.8. The summed E-state index contributed by atoms with van der Waals surface area (Å²) in [6.07, 6.45) is 8.02. The van der Waals surface area contributed by atoms with Crippen molar-refractivity contribution in [1.29, 1.82) is 0 Å². The minimum Gasteiger partial charge on any atom is -0.384 e. The van der Waals surface area contributed by atoms with E-state index in [0.717, 1.165) is 41.4 Å².